The van der Waals surface area contributed by atoms with Gasteiger partial charge in [0.15, 0.2) is 0 Å². The third-order valence-electron chi connectivity index (χ3n) is 14.2. The van der Waals surface area contributed by atoms with E-state index >= 15 is 0 Å². The number of phenols is 1. The van der Waals surface area contributed by atoms with Crippen LogP contribution in [0.4, 0.5) is 5.69 Å². The molecule has 4 aliphatic rings. The summed E-state index contributed by atoms with van der Waals surface area (Å²) in [4.78, 5) is 22.7. The van der Waals surface area contributed by atoms with Gasteiger partial charge in [-0.15, -0.1) is 0 Å². The lowest BCUT2D eigenvalue weighted by Crippen LogP contribution is -2.55. The maximum atomic E-state index is 11.8. The molecular weight excluding hydrogens is 634 g/mol. The van der Waals surface area contributed by atoms with Crippen LogP contribution in [-0.4, -0.2) is 28.2 Å². The molecule has 2 aromatic carbocycles. The molecule has 0 heterocycles. The number of anilines is 1. The first kappa shape index (κ1) is 38.8. The van der Waals surface area contributed by atoms with Gasteiger partial charge >= 0.3 is 5.97 Å². The van der Waals surface area contributed by atoms with Crippen LogP contribution in [0.2, 0.25) is 0 Å². The maximum Gasteiger partial charge on any atom is 0.347 e. The molecule has 4 aliphatic carbocycles. The Balaban J connectivity index is 0.000000218. The SMILES string of the molecule is CC(=O)Nc1ccc(OC(=O)c2ccccc2O)cc1.CC(C)=CCCC(C)C1CCC2(C)C3=C(CCC12C)C1(C)CCC(O)C(C)(C)C1CC3. The Kier molecular flexibility index (Phi) is 11.4. The van der Waals surface area contributed by atoms with Gasteiger partial charge in [0.25, 0.3) is 0 Å². The molecule has 3 N–H and O–H groups in total. The maximum absolute atomic E-state index is 11.8. The van der Waals surface area contributed by atoms with E-state index in [4.69, 9.17) is 4.74 Å². The van der Waals surface area contributed by atoms with Crippen LogP contribution in [0, 0.1) is 39.4 Å². The molecule has 278 valence electrons. The summed E-state index contributed by atoms with van der Waals surface area (Å²) >= 11 is 0. The third-order valence-corrected chi connectivity index (χ3v) is 14.2. The minimum absolute atomic E-state index is 0.0465. The van der Waals surface area contributed by atoms with E-state index in [1.165, 1.54) is 82.4 Å². The molecule has 2 saturated carbocycles. The van der Waals surface area contributed by atoms with Crippen LogP contribution >= 0.6 is 0 Å². The number of carbonyl (C=O) groups excluding carboxylic acids is 2. The number of nitrogens with one attached hydrogen (secondary N) is 1. The fourth-order valence-electron chi connectivity index (χ4n) is 11.1. The fourth-order valence-corrected chi connectivity index (χ4v) is 11.1. The Morgan fingerprint density at radius 2 is 1.59 bits per heavy atom. The van der Waals surface area contributed by atoms with Crippen LogP contribution in [0.25, 0.3) is 0 Å². The minimum atomic E-state index is -0.643. The summed E-state index contributed by atoms with van der Waals surface area (Å²) in [6.07, 6.45) is 15.2. The van der Waals surface area contributed by atoms with Gasteiger partial charge in [0.2, 0.25) is 5.91 Å². The monoisotopic (exact) mass is 697 g/mol. The van der Waals surface area contributed by atoms with Crippen LogP contribution in [0.3, 0.4) is 0 Å². The summed E-state index contributed by atoms with van der Waals surface area (Å²) in [5.74, 6) is 1.70. The number of carbonyl (C=O) groups is 2. The number of aromatic hydroxyl groups is 1. The molecule has 51 heavy (non-hydrogen) atoms. The van der Waals surface area contributed by atoms with Crippen LogP contribution in [0.5, 0.6) is 11.5 Å². The normalized spacial score (nSPS) is 31.1. The minimum Gasteiger partial charge on any atom is -0.507 e. The van der Waals surface area contributed by atoms with Crippen LogP contribution < -0.4 is 10.1 Å². The number of para-hydroxylation sites is 1. The number of aliphatic hydroxyl groups excluding tert-OH is 1. The number of hydrogen-bond donors (Lipinski definition) is 3. The fraction of sp³-hybridized carbons (Fsp3) is 0.600. The third kappa shape index (κ3) is 7.45. The van der Waals surface area contributed by atoms with Gasteiger partial charge in [0.05, 0.1) is 6.10 Å². The first-order valence-electron chi connectivity index (χ1n) is 19.4. The summed E-state index contributed by atoms with van der Waals surface area (Å²) in [5, 5.41) is 23.0. The van der Waals surface area contributed by atoms with E-state index in [1.54, 1.807) is 36.4 Å². The Hall–Kier alpha value is -3.38. The van der Waals surface area contributed by atoms with E-state index in [2.05, 4.69) is 66.8 Å². The molecule has 6 heteroatoms. The molecule has 0 aromatic heterocycles. The second-order valence-electron chi connectivity index (χ2n) is 17.7. The highest BCUT2D eigenvalue weighted by molar-refractivity contribution is 5.94. The van der Waals surface area contributed by atoms with Crippen molar-refractivity contribution in [1.29, 1.82) is 0 Å². The number of benzene rings is 2. The summed E-state index contributed by atoms with van der Waals surface area (Å²) in [6.45, 7) is 21.0. The summed E-state index contributed by atoms with van der Waals surface area (Å²) in [5.41, 5.74) is 7.12. The number of hydrogen-bond acceptors (Lipinski definition) is 5. The average molecular weight is 698 g/mol. The lowest BCUT2D eigenvalue weighted by Gasteiger charge is -2.62. The van der Waals surface area contributed by atoms with E-state index in [0.29, 0.717) is 33.6 Å². The highest BCUT2D eigenvalue weighted by Gasteiger charge is 2.63. The number of amides is 1. The zero-order chi connectivity index (χ0) is 37.4. The molecule has 2 fully saturated rings. The number of phenolic OH excluding ortho intramolecular Hbond substituents is 1. The summed E-state index contributed by atoms with van der Waals surface area (Å²) in [6, 6.07) is 12.5. The van der Waals surface area contributed by atoms with Crippen LogP contribution in [0.15, 0.2) is 71.3 Å². The van der Waals surface area contributed by atoms with Crippen molar-refractivity contribution < 1.29 is 24.5 Å². The van der Waals surface area contributed by atoms with E-state index in [9.17, 15) is 19.8 Å². The predicted molar refractivity (Wildman–Crippen MR) is 207 cm³/mol. The van der Waals surface area contributed by atoms with Gasteiger partial charge in [-0.3, -0.25) is 4.79 Å². The first-order valence-corrected chi connectivity index (χ1v) is 19.4. The Labute approximate surface area is 307 Å². The standard InChI is InChI=1S/C30H50O.C15H13NO4/c1-20(2)10-9-11-21(3)22-14-18-30(8)24-12-13-25-27(4,5)26(31)16-17-28(25,6)23(24)15-19-29(22,30)7;1-10(17)16-11-6-8-12(9-7-11)20-15(19)13-4-2-3-5-14(13)18/h10,21-22,25-26,31H,9,11-19H2,1-8H3;2-9,18H,1H3,(H,16,17). The number of fused-ring (bicyclic) bond motifs is 4. The number of esters is 1. The van der Waals surface area contributed by atoms with Gasteiger partial charge in [-0.2, -0.15) is 0 Å². The molecule has 0 spiro atoms. The average Bonchev–Trinajstić information content (AvgIpc) is 3.35. The molecule has 1 amide bonds. The van der Waals surface area contributed by atoms with E-state index in [0.717, 1.165) is 18.3 Å². The smallest absolute Gasteiger partial charge is 0.347 e. The van der Waals surface area contributed by atoms with Gasteiger partial charge in [0, 0.05) is 12.6 Å². The molecule has 7 unspecified atom stereocenters. The zero-order valence-electron chi connectivity index (χ0n) is 32.7. The van der Waals surface area contributed by atoms with Crippen molar-refractivity contribution in [3.63, 3.8) is 0 Å². The second kappa shape index (κ2) is 14.9. The quantitative estimate of drug-likeness (QED) is 0.152. The molecule has 6 rings (SSSR count). The van der Waals surface area contributed by atoms with Crippen molar-refractivity contribution in [2.24, 2.45) is 39.4 Å². The molecule has 7 atom stereocenters. The van der Waals surface area contributed by atoms with Crippen LogP contribution in [-0.2, 0) is 4.79 Å². The second-order valence-corrected chi connectivity index (χ2v) is 17.7. The van der Waals surface area contributed by atoms with E-state index in [1.807, 2.05) is 11.1 Å². The number of aliphatic hydroxyl groups is 1. The summed E-state index contributed by atoms with van der Waals surface area (Å²) in [7, 11) is 0. The molecular formula is C45H63NO5. The Morgan fingerprint density at radius 1 is 0.902 bits per heavy atom. The lowest BCUT2D eigenvalue weighted by molar-refractivity contribution is -0.114. The van der Waals surface area contributed by atoms with Crippen LogP contribution in [0.1, 0.15) is 137 Å². The van der Waals surface area contributed by atoms with Gasteiger partial charge in [-0.25, -0.2) is 4.79 Å². The largest absolute Gasteiger partial charge is 0.507 e. The number of allylic oxidation sites excluding steroid dienone is 4. The van der Waals surface area contributed by atoms with E-state index in [-0.39, 0.29) is 28.7 Å². The molecule has 0 bridgehead atoms. The number of ether oxygens (including phenoxy) is 1. The van der Waals surface area contributed by atoms with Gasteiger partial charge in [-0.05, 0) is 154 Å². The van der Waals surface area contributed by atoms with Crippen molar-refractivity contribution in [2.75, 3.05) is 5.32 Å². The molecule has 6 nitrogen and oxygen atoms in total. The van der Waals surface area contributed by atoms with Crippen molar-refractivity contribution in [2.45, 2.75) is 133 Å². The van der Waals surface area contributed by atoms with Crippen molar-refractivity contribution >= 4 is 17.6 Å². The van der Waals surface area contributed by atoms with E-state index < -0.39 is 5.97 Å². The highest BCUT2D eigenvalue weighted by Crippen LogP contribution is 2.72. The molecule has 0 aliphatic heterocycles. The zero-order valence-corrected chi connectivity index (χ0v) is 32.7. The Morgan fingerprint density at radius 3 is 2.24 bits per heavy atom. The molecule has 0 radical (unpaired) electrons. The number of rotatable bonds is 7. The molecule has 2 aromatic rings. The van der Waals surface area contributed by atoms with Gasteiger partial charge < -0.3 is 20.3 Å². The lowest BCUT2D eigenvalue weighted by atomic mass is 9.43. The van der Waals surface area contributed by atoms with Gasteiger partial charge in [0.1, 0.15) is 17.1 Å². The topological polar surface area (TPSA) is 95.9 Å². The predicted octanol–water partition coefficient (Wildman–Crippen LogP) is 11.0. The van der Waals surface area contributed by atoms with Crippen molar-refractivity contribution in [3.8, 4) is 11.5 Å². The van der Waals surface area contributed by atoms with Gasteiger partial charge in [-0.1, -0.05) is 76.5 Å². The summed E-state index contributed by atoms with van der Waals surface area (Å²) < 4.78 is 5.13. The van der Waals surface area contributed by atoms with Crippen molar-refractivity contribution in [1.82, 2.24) is 0 Å². The first-order chi connectivity index (χ1) is 23.9. The van der Waals surface area contributed by atoms with Crippen molar-refractivity contribution in [3.05, 3.63) is 76.9 Å². The highest BCUT2D eigenvalue weighted by atomic mass is 16.5. The Bertz CT molecular complexity index is 1650. The molecule has 0 saturated heterocycles.